The molecule has 0 saturated heterocycles. The van der Waals surface area contributed by atoms with E-state index >= 15 is 0 Å². The highest BCUT2D eigenvalue weighted by Gasteiger charge is 2.14. The Morgan fingerprint density at radius 2 is 1.70 bits per heavy atom. The zero-order valence-corrected chi connectivity index (χ0v) is 12.3. The van der Waals surface area contributed by atoms with Crippen LogP contribution in [0.3, 0.4) is 0 Å². The van der Waals surface area contributed by atoms with Crippen LogP contribution in [-0.2, 0) is 0 Å². The number of fused-ring (bicyclic) bond motifs is 1. The number of nitrogens with zero attached hydrogens (tertiary/aromatic N) is 1. The Kier molecular flexibility index (Phi) is 4.74. The van der Waals surface area contributed by atoms with Gasteiger partial charge < -0.3 is 4.74 Å². The zero-order chi connectivity index (χ0) is 14.5. The highest BCUT2D eigenvalue weighted by molar-refractivity contribution is 6.10. The molecule has 0 bridgehead atoms. The van der Waals surface area contributed by atoms with Crippen LogP contribution < -0.4 is 4.74 Å². The Morgan fingerprint density at radius 3 is 2.30 bits per heavy atom. The minimum Gasteiger partial charge on any atom is -0.496 e. The van der Waals surface area contributed by atoms with Crippen LogP contribution in [0.15, 0.2) is 36.4 Å². The van der Waals surface area contributed by atoms with Crippen LogP contribution in [0.1, 0.15) is 24.2 Å². The molecule has 2 aromatic carbocycles. The lowest BCUT2D eigenvalue weighted by Gasteiger charge is -2.17. The largest absolute Gasteiger partial charge is 0.496 e. The number of likely N-dealkylation sites (N-methyl/N-ethyl adjacent to an activating group) is 1. The molecule has 0 aliphatic carbocycles. The van der Waals surface area contributed by atoms with Gasteiger partial charge in [0.25, 0.3) is 0 Å². The maximum absolute atomic E-state index is 12.5. The Morgan fingerprint density at radius 1 is 1.05 bits per heavy atom. The first-order valence-corrected chi connectivity index (χ1v) is 7.02. The van der Waals surface area contributed by atoms with E-state index in [0.717, 1.165) is 35.2 Å². The van der Waals surface area contributed by atoms with Crippen molar-refractivity contribution in [3.8, 4) is 5.75 Å². The van der Waals surface area contributed by atoms with E-state index in [9.17, 15) is 4.79 Å². The van der Waals surface area contributed by atoms with Crippen molar-refractivity contribution >= 4 is 16.6 Å². The molecule has 0 atom stereocenters. The molecule has 0 aliphatic rings. The van der Waals surface area contributed by atoms with E-state index in [1.807, 2.05) is 36.4 Å². The third-order valence-corrected chi connectivity index (χ3v) is 3.67. The minimum atomic E-state index is 0.160. The lowest BCUT2D eigenvalue weighted by molar-refractivity contribution is 0.0939. The second-order valence-electron chi connectivity index (χ2n) is 4.75. The van der Waals surface area contributed by atoms with Crippen molar-refractivity contribution in [3.05, 3.63) is 42.0 Å². The highest BCUT2D eigenvalue weighted by atomic mass is 16.5. The van der Waals surface area contributed by atoms with E-state index in [4.69, 9.17) is 4.74 Å². The standard InChI is InChI=1S/C17H21NO2/c1-4-18(5-2)12-16(19)14-10-11-17(20-3)15-9-7-6-8-13(14)15/h6-11H,4-5,12H2,1-3H3. The van der Waals surface area contributed by atoms with Crippen molar-refractivity contribution in [1.29, 1.82) is 0 Å². The van der Waals surface area contributed by atoms with Crippen molar-refractivity contribution in [2.24, 2.45) is 0 Å². The number of carbonyl (C=O) groups is 1. The van der Waals surface area contributed by atoms with Gasteiger partial charge in [-0.1, -0.05) is 38.1 Å². The second-order valence-corrected chi connectivity index (χ2v) is 4.75. The Labute approximate surface area is 120 Å². The van der Waals surface area contributed by atoms with Crippen LogP contribution in [-0.4, -0.2) is 37.4 Å². The summed E-state index contributed by atoms with van der Waals surface area (Å²) in [6, 6.07) is 11.6. The van der Waals surface area contributed by atoms with E-state index in [1.165, 1.54) is 0 Å². The summed E-state index contributed by atoms with van der Waals surface area (Å²) in [5.41, 5.74) is 0.772. The van der Waals surface area contributed by atoms with Gasteiger partial charge in [-0.2, -0.15) is 0 Å². The molecule has 0 saturated carbocycles. The van der Waals surface area contributed by atoms with E-state index < -0.39 is 0 Å². The van der Waals surface area contributed by atoms with Crippen molar-refractivity contribution in [2.75, 3.05) is 26.7 Å². The van der Waals surface area contributed by atoms with Crippen LogP contribution in [0.4, 0.5) is 0 Å². The van der Waals surface area contributed by atoms with Gasteiger partial charge in [-0.3, -0.25) is 9.69 Å². The van der Waals surface area contributed by atoms with Crippen LogP contribution in [0.25, 0.3) is 10.8 Å². The molecule has 2 rings (SSSR count). The molecule has 0 aliphatic heterocycles. The first-order valence-electron chi connectivity index (χ1n) is 7.02. The van der Waals surface area contributed by atoms with Gasteiger partial charge >= 0.3 is 0 Å². The Bertz CT molecular complexity index is 603. The SMILES string of the molecule is CCN(CC)CC(=O)c1ccc(OC)c2ccccc12. The third-order valence-electron chi connectivity index (χ3n) is 3.67. The van der Waals surface area contributed by atoms with Crippen molar-refractivity contribution in [1.82, 2.24) is 4.90 Å². The highest BCUT2D eigenvalue weighted by Crippen LogP contribution is 2.28. The summed E-state index contributed by atoms with van der Waals surface area (Å²) < 4.78 is 5.36. The molecule has 0 amide bonds. The predicted octanol–water partition coefficient (Wildman–Crippen LogP) is 3.37. The fourth-order valence-corrected chi connectivity index (χ4v) is 2.43. The Balaban J connectivity index is 2.42. The molecular weight excluding hydrogens is 250 g/mol. The van der Waals surface area contributed by atoms with Crippen molar-refractivity contribution in [2.45, 2.75) is 13.8 Å². The molecule has 0 N–H and O–H groups in total. The number of ketones is 1. The molecular formula is C17H21NO2. The van der Waals surface area contributed by atoms with E-state index in [-0.39, 0.29) is 5.78 Å². The van der Waals surface area contributed by atoms with Gasteiger partial charge in [-0.05, 0) is 30.6 Å². The minimum absolute atomic E-state index is 0.160. The fourth-order valence-electron chi connectivity index (χ4n) is 2.43. The van der Waals surface area contributed by atoms with Crippen LogP contribution >= 0.6 is 0 Å². The van der Waals surface area contributed by atoms with Crippen molar-refractivity contribution < 1.29 is 9.53 Å². The molecule has 0 fully saturated rings. The summed E-state index contributed by atoms with van der Waals surface area (Å²) in [6.07, 6.45) is 0. The van der Waals surface area contributed by atoms with Gasteiger partial charge in [0.1, 0.15) is 5.75 Å². The molecule has 0 radical (unpaired) electrons. The molecule has 0 heterocycles. The molecule has 106 valence electrons. The van der Waals surface area contributed by atoms with Gasteiger partial charge in [0.15, 0.2) is 5.78 Å². The first-order chi connectivity index (χ1) is 9.71. The topological polar surface area (TPSA) is 29.5 Å². The van der Waals surface area contributed by atoms with Crippen LogP contribution in [0, 0.1) is 0 Å². The lowest BCUT2D eigenvalue weighted by atomic mass is 10.0. The number of hydrogen-bond donors (Lipinski definition) is 0. The quantitative estimate of drug-likeness (QED) is 0.754. The summed E-state index contributed by atoms with van der Waals surface area (Å²) in [5, 5.41) is 1.95. The zero-order valence-electron chi connectivity index (χ0n) is 12.3. The van der Waals surface area contributed by atoms with E-state index in [1.54, 1.807) is 7.11 Å². The number of Topliss-reactive ketones (excluding diaryl/α,β-unsaturated/α-hetero) is 1. The number of ether oxygens (including phenoxy) is 1. The van der Waals surface area contributed by atoms with Gasteiger partial charge in [-0.25, -0.2) is 0 Å². The van der Waals surface area contributed by atoms with Crippen LogP contribution in [0.2, 0.25) is 0 Å². The average molecular weight is 271 g/mol. The maximum atomic E-state index is 12.5. The summed E-state index contributed by atoms with van der Waals surface area (Å²) in [5.74, 6) is 0.965. The van der Waals surface area contributed by atoms with Crippen LogP contribution in [0.5, 0.6) is 5.75 Å². The number of methoxy groups -OCH3 is 1. The molecule has 0 aromatic heterocycles. The second kappa shape index (κ2) is 6.53. The van der Waals surface area contributed by atoms with Crippen molar-refractivity contribution in [3.63, 3.8) is 0 Å². The average Bonchev–Trinajstić information content (AvgIpc) is 2.51. The Hall–Kier alpha value is -1.87. The number of rotatable bonds is 6. The monoisotopic (exact) mass is 271 g/mol. The van der Waals surface area contributed by atoms with Gasteiger partial charge in [-0.15, -0.1) is 0 Å². The number of hydrogen-bond acceptors (Lipinski definition) is 3. The fraction of sp³-hybridized carbons (Fsp3) is 0.353. The summed E-state index contributed by atoms with van der Waals surface area (Å²) in [7, 11) is 1.65. The third kappa shape index (κ3) is 2.83. The lowest BCUT2D eigenvalue weighted by Crippen LogP contribution is -2.29. The van der Waals surface area contributed by atoms with Gasteiger partial charge in [0.2, 0.25) is 0 Å². The summed E-state index contributed by atoms with van der Waals surface area (Å²) >= 11 is 0. The normalized spacial score (nSPS) is 11.0. The predicted molar refractivity (Wildman–Crippen MR) is 82.6 cm³/mol. The molecule has 20 heavy (non-hydrogen) atoms. The molecule has 3 nitrogen and oxygen atoms in total. The molecule has 0 spiro atoms. The van der Waals surface area contributed by atoms with Gasteiger partial charge in [0, 0.05) is 10.9 Å². The van der Waals surface area contributed by atoms with E-state index in [2.05, 4.69) is 18.7 Å². The smallest absolute Gasteiger partial charge is 0.177 e. The van der Waals surface area contributed by atoms with Gasteiger partial charge in [0.05, 0.1) is 13.7 Å². The molecule has 3 heteroatoms. The summed E-state index contributed by atoms with van der Waals surface area (Å²) in [4.78, 5) is 14.6. The molecule has 2 aromatic rings. The maximum Gasteiger partial charge on any atom is 0.177 e. The van der Waals surface area contributed by atoms with E-state index in [0.29, 0.717) is 6.54 Å². The molecule has 0 unspecified atom stereocenters. The number of carbonyl (C=O) groups excluding carboxylic acids is 1. The summed E-state index contributed by atoms with van der Waals surface area (Å²) in [6.45, 7) is 6.38. The number of benzene rings is 2. The first kappa shape index (κ1) is 14.5.